The van der Waals surface area contributed by atoms with Gasteiger partial charge in [-0.15, -0.1) is 0 Å². The summed E-state index contributed by atoms with van der Waals surface area (Å²) in [7, 11) is 0. The first kappa shape index (κ1) is 16.3. The molecule has 4 rings (SSSR count). The number of aromatic nitrogens is 2. The van der Waals surface area contributed by atoms with Gasteiger partial charge < -0.3 is 15.2 Å². The van der Waals surface area contributed by atoms with Crippen LogP contribution >= 0.6 is 0 Å². The van der Waals surface area contributed by atoms with Crippen molar-refractivity contribution in [3.63, 3.8) is 0 Å². The molecule has 2 aromatic carbocycles. The molecule has 0 bridgehead atoms. The van der Waals surface area contributed by atoms with Crippen LogP contribution in [-0.4, -0.2) is 39.9 Å². The van der Waals surface area contributed by atoms with Gasteiger partial charge in [-0.3, -0.25) is 9.59 Å². The van der Waals surface area contributed by atoms with Gasteiger partial charge in [0.2, 0.25) is 0 Å². The van der Waals surface area contributed by atoms with Crippen LogP contribution in [0.5, 0.6) is 0 Å². The van der Waals surface area contributed by atoms with E-state index in [9.17, 15) is 9.59 Å². The molecule has 0 spiro atoms. The Hall–Kier alpha value is -3.15. The minimum Gasteiger partial charge on any atom is -0.383 e. The number of anilines is 1. The minimum absolute atomic E-state index is 0.0321. The molecule has 0 saturated carbocycles. The molecule has 1 aromatic heterocycles. The third-order valence-electron chi connectivity index (χ3n) is 4.76. The van der Waals surface area contributed by atoms with E-state index in [2.05, 4.69) is 15.3 Å². The zero-order chi connectivity index (χ0) is 17.9. The van der Waals surface area contributed by atoms with Crippen molar-refractivity contribution in [3.05, 3.63) is 70.6 Å². The first-order valence-electron chi connectivity index (χ1n) is 8.81. The lowest BCUT2D eigenvalue weighted by atomic mass is 10.2. The number of nitrogens with zero attached hydrogens (tertiary/aromatic N) is 2. The average molecular weight is 348 g/mol. The van der Waals surface area contributed by atoms with Gasteiger partial charge in [0.05, 0.1) is 11.0 Å². The van der Waals surface area contributed by atoms with Gasteiger partial charge in [-0.2, -0.15) is 0 Å². The van der Waals surface area contributed by atoms with Gasteiger partial charge in [-0.1, -0.05) is 30.3 Å². The topological polar surface area (TPSA) is 78.1 Å². The molecule has 26 heavy (non-hydrogen) atoms. The number of carbonyl (C=O) groups is 1. The van der Waals surface area contributed by atoms with Crippen LogP contribution in [0.4, 0.5) is 5.69 Å². The Morgan fingerprint density at radius 3 is 2.77 bits per heavy atom. The Kier molecular flexibility index (Phi) is 4.39. The molecule has 0 aliphatic carbocycles. The molecule has 132 valence electrons. The molecule has 6 heteroatoms. The zero-order valence-corrected chi connectivity index (χ0v) is 14.3. The van der Waals surface area contributed by atoms with Gasteiger partial charge in [-0.05, 0) is 37.1 Å². The van der Waals surface area contributed by atoms with Gasteiger partial charge in [-0.25, -0.2) is 4.98 Å². The quantitative estimate of drug-likeness (QED) is 0.760. The van der Waals surface area contributed by atoms with E-state index in [4.69, 9.17) is 0 Å². The number of rotatable bonds is 4. The molecule has 1 fully saturated rings. The Morgan fingerprint density at radius 2 is 1.92 bits per heavy atom. The maximum atomic E-state index is 12.9. The lowest BCUT2D eigenvalue weighted by Crippen LogP contribution is -2.42. The van der Waals surface area contributed by atoms with Crippen LogP contribution in [0, 0.1) is 0 Å². The third kappa shape index (κ3) is 3.18. The summed E-state index contributed by atoms with van der Waals surface area (Å²) in [6.07, 6.45) is 1.84. The summed E-state index contributed by atoms with van der Waals surface area (Å²) in [6, 6.07) is 17.2. The van der Waals surface area contributed by atoms with Crippen molar-refractivity contribution in [3.8, 4) is 0 Å². The predicted molar refractivity (Wildman–Crippen MR) is 101 cm³/mol. The first-order valence-corrected chi connectivity index (χ1v) is 8.81. The van der Waals surface area contributed by atoms with Crippen molar-refractivity contribution in [1.29, 1.82) is 0 Å². The maximum absolute atomic E-state index is 12.9. The van der Waals surface area contributed by atoms with Crippen molar-refractivity contribution in [2.75, 3.05) is 18.4 Å². The third-order valence-corrected chi connectivity index (χ3v) is 4.76. The predicted octanol–water partition coefficient (Wildman–Crippen LogP) is 2.64. The SMILES string of the molecule is O=C(c1nc2ccccc2[nH]c1=O)N1CCC[C@H]1CNc1ccccc1. The number of benzene rings is 2. The van der Waals surface area contributed by atoms with E-state index in [0.29, 0.717) is 24.1 Å². The maximum Gasteiger partial charge on any atom is 0.280 e. The molecule has 1 atom stereocenters. The van der Waals surface area contributed by atoms with Crippen molar-refractivity contribution < 1.29 is 4.79 Å². The molecule has 3 aromatic rings. The average Bonchev–Trinajstić information content (AvgIpc) is 3.15. The van der Waals surface area contributed by atoms with Crippen molar-refractivity contribution in [2.45, 2.75) is 18.9 Å². The standard InChI is InChI=1S/C20H20N4O2/c25-19-18(22-16-10-4-5-11-17(16)23-19)20(26)24-12-6-9-15(24)13-21-14-7-2-1-3-8-14/h1-5,7-8,10-11,15,21H,6,9,12-13H2,(H,23,25)/t15-/m0/s1. The van der Waals surface area contributed by atoms with Crippen molar-refractivity contribution in [1.82, 2.24) is 14.9 Å². The van der Waals surface area contributed by atoms with Gasteiger partial charge >= 0.3 is 0 Å². The van der Waals surface area contributed by atoms with Crippen molar-refractivity contribution >= 4 is 22.6 Å². The van der Waals surface area contributed by atoms with E-state index in [-0.39, 0.29) is 17.6 Å². The van der Waals surface area contributed by atoms with Crippen LogP contribution in [0.1, 0.15) is 23.3 Å². The molecule has 6 nitrogen and oxygen atoms in total. The highest BCUT2D eigenvalue weighted by atomic mass is 16.2. The van der Waals surface area contributed by atoms with Crippen molar-refractivity contribution in [2.24, 2.45) is 0 Å². The van der Waals surface area contributed by atoms with Crippen LogP contribution in [0.15, 0.2) is 59.4 Å². The summed E-state index contributed by atoms with van der Waals surface area (Å²) in [5, 5.41) is 3.37. The van der Waals surface area contributed by atoms with E-state index < -0.39 is 5.56 Å². The fourth-order valence-electron chi connectivity index (χ4n) is 3.42. The number of aromatic amines is 1. The van der Waals surface area contributed by atoms with E-state index in [1.54, 1.807) is 17.0 Å². The van der Waals surface area contributed by atoms with Crippen LogP contribution < -0.4 is 10.9 Å². The van der Waals surface area contributed by atoms with Crippen LogP contribution in [-0.2, 0) is 0 Å². The number of carbonyl (C=O) groups excluding carboxylic acids is 1. The number of hydrogen-bond acceptors (Lipinski definition) is 4. The molecule has 2 N–H and O–H groups in total. The Balaban J connectivity index is 1.55. The summed E-state index contributed by atoms with van der Waals surface area (Å²) in [6.45, 7) is 1.30. The normalized spacial score (nSPS) is 16.8. The van der Waals surface area contributed by atoms with Crippen LogP contribution in [0.3, 0.4) is 0 Å². The molecular formula is C20H20N4O2. The van der Waals surface area contributed by atoms with Crippen LogP contribution in [0.25, 0.3) is 11.0 Å². The highest BCUT2D eigenvalue weighted by Gasteiger charge is 2.31. The fraction of sp³-hybridized carbons (Fsp3) is 0.250. The van der Waals surface area contributed by atoms with Crippen LogP contribution in [0.2, 0.25) is 0 Å². The highest BCUT2D eigenvalue weighted by molar-refractivity contribution is 5.94. The molecule has 1 saturated heterocycles. The number of amides is 1. The zero-order valence-electron chi connectivity index (χ0n) is 14.3. The molecule has 0 radical (unpaired) electrons. The van der Waals surface area contributed by atoms with E-state index in [0.717, 1.165) is 18.5 Å². The number of likely N-dealkylation sites (tertiary alicyclic amines) is 1. The van der Waals surface area contributed by atoms with Gasteiger partial charge in [0.25, 0.3) is 11.5 Å². The number of hydrogen-bond donors (Lipinski definition) is 2. The summed E-state index contributed by atoms with van der Waals surface area (Å²) in [5.41, 5.74) is 1.81. The molecule has 0 unspecified atom stereocenters. The van der Waals surface area contributed by atoms with E-state index in [1.165, 1.54) is 0 Å². The Bertz CT molecular complexity index is 984. The molecule has 1 aliphatic rings. The second-order valence-electron chi connectivity index (χ2n) is 6.47. The van der Waals surface area contributed by atoms with Gasteiger partial charge in [0, 0.05) is 24.8 Å². The molecule has 2 heterocycles. The summed E-state index contributed by atoms with van der Waals surface area (Å²) in [4.78, 5) is 34.1. The highest BCUT2D eigenvalue weighted by Crippen LogP contribution is 2.20. The lowest BCUT2D eigenvalue weighted by Gasteiger charge is -2.24. The molecule has 1 aliphatic heterocycles. The molecule has 1 amide bonds. The summed E-state index contributed by atoms with van der Waals surface area (Å²) >= 11 is 0. The number of H-pyrrole nitrogens is 1. The van der Waals surface area contributed by atoms with E-state index >= 15 is 0 Å². The Labute approximate surface area is 150 Å². The molecular weight excluding hydrogens is 328 g/mol. The summed E-state index contributed by atoms with van der Waals surface area (Å²) in [5.74, 6) is -0.297. The number of para-hydroxylation sites is 3. The second-order valence-corrected chi connectivity index (χ2v) is 6.47. The number of nitrogens with one attached hydrogen (secondary N) is 2. The minimum atomic E-state index is -0.435. The first-order chi connectivity index (χ1) is 12.7. The second kappa shape index (κ2) is 7.00. The van der Waals surface area contributed by atoms with E-state index in [1.807, 2.05) is 42.5 Å². The smallest absolute Gasteiger partial charge is 0.280 e. The largest absolute Gasteiger partial charge is 0.383 e. The fourth-order valence-corrected chi connectivity index (χ4v) is 3.42. The van der Waals surface area contributed by atoms with Gasteiger partial charge in [0.1, 0.15) is 0 Å². The lowest BCUT2D eigenvalue weighted by molar-refractivity contribution is 0.0736. The Morgan fingerprint density at radius 1 is 1.15 bits per heavy atom. The van der Waals surface area contributed by atoms with Gasteiger partial charge in [0.15, 0.2) is 5.69 Å². The summed E-state index contributed by atoms with van der Waals surface area (Å²) < 4.78 is 0. The number of fused-ring (bicyclic) bond motifs is 1. The monoisotopic (exact) mass is 348 g/mol.